The molecule has 0 bridgehead atoms. The smallest absolute Gasteiger partial charge is 0.0741 e. The maximum atomic E-state index is 9.79. The molecule has 1 aromatic rings. The molecule has 0 amide bonds. The van der Waals surface area contributed by atoms with Crippen molar-refractivity contribution in [2.45, 2.75) is 39.3 Å². The second-order valence-electron chi connectivity index (χ2n) is 4.33. The van der Waals surface area contributed by atoms with Gasteiger partial charge in [-0.1, -0.05) is 6.92 Å². The minimum absolute atomic E-state index is 0.609. The molecule has 0 aliphatic heterocycles. The van der Waals surface area contributed by atoms with Crippen LogP contribution in [0.3, 0.4) is 0 Å². The zero-order valence-corrected chi connectivity index (χ0v) is 10.0. The summed E-state index contributed by atoms with van der Waals surface area (Å²) in [6.45, 7) is 7.24. The van der Waals surface area contributed by atoms with Crippen molar-refractivity contribution < 1.29 is 5.11 Å². The van der Waals surface area contributed by atoms with Crippen LogP contribution in [0.15, 0.2) is 6.20 Å². The summed E-state index contributed by atoms with van der Waals surface area (Å²) in [5.74, 6) is 0. The van der Waals surface area contributed by atoms with E-state index in [0.717, 1.165) is 13.0 Å². The van der Waals surface area contributed by atoms with E-state index in [4.69, 9.17) is 0 Å². The normalized spacial score (nSPS) is 15.3. The summed E-state index contributed by atoms with van der Waals surface area (Å²) in [5.41, 5.74) is 1.74. The number of nitrogens with one attached hydrogen (secondary N) is 1. The van der Waals surface area contributed by atoms with Crippen molar-refractivity contribution >= 4 is 0 Å². The average Bonchev–Trinajstić information content (AvgIpc) is 2.49. The number of nitrogens with zero attached hydrogens (tertiary/aromatic N) is 2. The van der Waals surface area contributed by atoms with Crippen molar-refractivity contribution in [3.63, 3.8) is 0 Å². The number of aliphatic hydroxyl groups is 1. The van der Waals surface area contributed by atoms with Crippen LogP contribution >= 0.6 is 0 Å². The lowest BCUT2D eigenvalue weighted by molar-refractivity contribution is 0.0555. The molecule has 2 N–H and O–H groups in total. The molecule has 1 atom stereocenters. The van der Waals surface area contributed by atoms with Crippen molar-refractivity contribution in [1.82, 2.24) is 15.1 Å². The van der Waals surface area contributed by atoms with E-state index in [-0.39, 0.29) is 0 Å². The predicted octanol–water partition coefficient (Wildman–Crippen LogP) is 0.979. The minimum atomic E-state index is -0.615. The van der Waals surface area contributed by atoms with Crippen LogP contribution in [0.4, 0.5) is 0 Å². The highest BCUT2D eigenvalue weighted by atomic mass is 16.3. The summed E-state index contributed by atoms with van der Waals surface area (Å²) < 4.78 is 1.86. The molecule has 0 saturated carbocycles. The second kappa shape index (κ2) is 4.77. The first kappa shape index (κ1) is 12.2. The van der Waals surface area contributed by atoms with Crippen LogP contribution in [0.1, 0.15) is 31.5 Å². The molecule has 0 saturated heterocycles. The number of aromatic nitrogens is 2. The maximum absolute atomic E-state index is 9.79. The van der Waals surface area contributed by atoms with Crippen LogP contribution < -0.4 is 5.32 Å². The number of rotatable bonds is 5. The fourth-order valence-corrected chi connectivity index (χ4v) is 1.31. The molecule has 0 aliphatic rings. The van der Waals surface area contributed by atoms with Gasteiger partial charge in [0.25, 0.3) is 0 Å². The van der Waals surface area contributed by atoms with Gasteiger partial charge in [0.1, 0.15) is 0 Å². The first-order valence-corrected chi connectivity index (χ1v) is 5.37. The Kier molecular flexibility index (Phi) is 3.88. The van der Waals surface area contributed by atoms with Gasteiger partial charge in [-0.3, -0.25) is 4.68 Å². The van der Waals surface area contributed by atoms with Gasteiger partial charge >= 0.3 is 0 Å². The van der Waals surface area contributed by atoms with Crippen molar-refractivity contribution in [2.24, 2.45) is 7.05 Å². The van der Waals surface area contributed by atoms with Crippen LogP contribution in [0.25, 0.3) is 0 Å². The lowest BCUT2D eigenvalue weighted by atomic mass is 10.0. The highest BCUT2D eigenvalue weighted by Gasteiger charge is 2.16. The molecular weight excluding hydrogens is 190 g/mol. The number of hydrogen-bond donors (Lipinski definition) is 2. The van der Waals surface area contributed by atoms with E-state index in [1.54, 1.807) is 0 Å². The monoisotopic (exact) mass is 211 g/mol. The summed E-state index contributed by atoms with van der Waals surface area (Å²) in [7, 11) is 1.93. The summed E-state index contributed by atoms with van der Waals surface area (Å²) in [6.07, 6.45) is 2.62. The molecule has 0 spiro atoms. The third kappa shape index (κ3) is 3.32. The van der Waals surface area contributed by atoms with Crippen LogP contribution in [0.2, 0.25) is 0 Å². The second-order valence-corrected chi connectivity index (χ2v) is 4.33. The molecular formula is C11H21N3O. The minimum Gasteiger partial charge on any atom is -0.389 e. The Hall–Kier alpha value is -0.870. The molecule has 86 valence electrons. The summed E-state index contributed by atoms with van der Waals surface area (Å²) >= 11 is 0. The molecule has 1 rings (SSSR count). The highest BCUT2D eigenvalue weighted by molar-refractivity contribution is 5.15. The molecule has 15 heavy (non-hydrogen) atoms. The zero-order chi connectivity index (χ0) is 11.5. The van der Waals surface area contributed by atoms with Gasteiger partial charge in [-0.15, -0.1) is 0 Å². The predicted molar refractivity (Wildman–Crippen MR) is 60.6 cm³/mol. The van der Waals surface area contributed by atoms with Gasteiger partial charge in [0.2, 0.25) is 0 Å². The van der Waals surface area contributed by atoms with Gasteiger partial charge in [-0.2, -0.15) is 5.10 Å². The Balaban J connectivity index is 2.42. The van der Waals surface area contributed by atoms with E-state index in [2.05, 4.69) is 10.4 Å². The van der Waals surface area contributed by atoms with E-state index < -0.39 is 5.60 Å². The molecule has 0 radical (unpaired) electrons. The van der Waals surface area contributed by atoms with Crippen molar-refractivity contribution in [3.8, 4) is 0 Å². The molecule has 1 aromatic heterocycles. The Bertz CT molecular complexity index is 318. The van der Waals surface area contributed by atoms with Gasteiger partial charge in [0.05, 0.1) is 11.8 Å². The van der Waals surface area contributed by atoms with Gasteiger partial charge in [0, 0.05) is 31.4 Å². The molecule has 4 nitrogen and oxygen atoms in total. The fraction of sp³-hybridized carbons (Fsp3) is 0.727. The summed E-state index contributed by atoms with van der Waals surface area (Å²) in [4.78, 5) is 0. The van der Waals surface area contributed by atoms with E-state index in [0.29, 0.717) is 6.54 Å². The van der Waals surface area contributed by atoms with E-state index in [1.807, 2.05) is 38.7 Å². The molecule has 1 heterocycles. The van der Waals surface area contributed by atoms with Crippen LogP contribution in [-0.2, 0) is 13.6 Å². The Morgan fingerprint density at radius 1 is 1.60 bits per heavy atom. The lowest BCUT2D eigenvalue weighted by Gasteiger charge is -2.21. The fourth-order valence-electron chi connectivity index (χ4n) is 1.31. The lowest BCUT2D eigenvalue weighted by Crippen LogP contribution is -2.36. The summed E-state index contributed by atoms with van der Waals surface area (Å²) in [6, 6.07) is 0. The van der Waals surface area contributed by atoms with Gasteiger partial charge in [-0.25, -0.2) is 0 Å². The van der Waals surface area contributed by atoms with Crippen LogP contribution in [-0.4, -0.2) is 27.0 Å². The Morgan fingerprint density at radius 2 is 2.27 bits per heavy atom. The quantitative estimate of drug-likeness (QED) is 0.763. The Morgan fingerprint density at radius 3 is 2.73 bits per heavy atom. The molecule has 1 unspecified atom stereocenters. The standard InChI is InChI=1S/C11H21N3O/c1-5-11(3,15)8-12-6-10-7-13-14(4)9(10)2/h7,12,15H,5-6,8H2,1-4H3. The van der Waals surface area contributed by atoms with Crippen molar-refractivity contribution in [3.05, 3.63) is 17.5 Å². The van der Waals surface area contributed by atoms with Crippen molar-refractivity contribution in [2.75, 3.05) is 6.54 Å². The van der Waals surface area contributed by atoms with Gasteiger partial charge in [0.15, 0.2) is 0 Å². The van der Waals surface area contributed by atoms with Crippen LogP contribution in [0, 0.1) is 6.92 Å². The number of hydrogen-bond acceptors (Lipinski definition) is 3. The first-order chi connectivity index (χ1) is 6.96. The maximum Gasteiger partial charge on any atom is 0.0741 e. The molecule has 0 fully saturated rings. The van der Waals surface area contributed by atoms with E-state index >= 15 is 0 Å². The topological polar surface area (TPSA) is 50.1 Å². The van der Waals surface area contributed by atoms with E-state index in [1.165, 1.54) is 11.3 Å². The van der Waals surface area contributed by atoms with Gasteiger partial charge in [-0.05, 0) is 20.3 Å². The molecule has 0 aromatic carbocycles. The Labute approximate surface area is 91.3 Å². The first-order valence-electron chi connectivity index (χ1n) is 5.37. The third-order valence-electron chi connectivity index (χ3n) is 2.92. The SMILES string of the molecule is CCC(C)(O)CNCc1cnn(C)c1C. The third-order valence-corrected chi connectivity index (χ3v) is 2.92. The number of aryl methyl sites for hydroxylation is 1. The van der Waals surface area contributed by atoms with Crippen molar-refractivity contribution in [1.29, 1.82) is 0 Å². The molecule has 4 heteroatoms. The largest absolute Gasteiger partial charge is 0.389 e. The van der Waals surface area contributed by atoms with Crippen LogP contribution in [0.5, 0.6) is 0 Å². The molecule has 0 aliphatic carbocycles. The van der Waals surface area contributed by atoms with Gasteiger partial charge < -0.3 is 10.4 Å². The van der Waals surface area contributed by atoms with E-state index in [9.17, 15) is 5.11 Å². The highest BCUT2D eigenvalue weighted by Crippen LogP contribution is 2.08. The average molecular weight is 211 g/mol. The zero-order valence-electron chi connectivity index (χ0n) is 10.0. The summed E-state index contributed by atoms with van der Waals surface area (Å²) in [5, 5.41) is 17.2.